The number of aliphatic hydroxyl groups excluding tert-OH is 4. The maximum absolute atomic E-state index is 9.87. The van der Waals surface area contributed by atoms with Crippen LogP contribution in [-0.2, 0) is 14.4 Å². The molecular weight excluding hydrogens is 210 g/mol. The molecule has 15 heavy (non-hydrogen) atoms. The average Bonchev–Trinajstić information content (AvgIpc) is 2.23. The van der Waals surface area contributed by atoms with E-state index in [2.05, 4.69) is 4.84 Å². The second-order valence-corrected chi connectivity index (χ2v) is 3.09. The van der Waals surface area contributed by atoms with Gasteiger partial charge in [-0.05, 0) is 0 Å². The van der Waals surface area contributed by atoms with Gasteiger partial charge in [0.05, 0.1) is 6.61 Å². The van der Waals surface area contributed by atoms with Gasteiger partial charge in [0.2, 0.25) is 0 Å². The zero-order valence-corrected chi connectivity index (χ0v) is 7.68. The molecule has 0 aliphatic carbocycles. The Bertz CT molecular complexity index is 214. The lowest BCUT2D eigenvalue weighted by molar-refractivity contribution is -0.266. The minimum Gasteiger partial charge on any atom is -0.394 e. The molecule has 1 fully saturated rings. The van der Waals surface area contributed by atoms with Crippen LogP contribution in [-0.4, -0.2) is 64.1 Å². The number of nitrogens with one attached hydrogen (secondary N) is 1. The van der Waals surface area contributed by atoms with Gasteiger partial charge in [0, 0.05) is 0 Å². The highest BCUT2D eigenvalue weighted by molar-refractivity contribution is 5.36. The Morgan fingerprint density at radius 2 is 2.00 bits per heavy atom. The predicted molar refractivity (Wildman–Crippen MR) is 44.1 cm³/mol. The number of carbonyl (C=O) groups excluding carboxylic acids is 1. The molecule has 0 spiro atoms. The summed E-state index contributed by atoms with van der Waals surface area (Å²) in [7, 11) is 0. The number of rotatable bonds is 4. The summed E-state index contributed by atoms with van der Waals surface area (Å²) in [6.45, 7) is -0.486. The van der Waals surface area contributed by atoms with Gasteiger partial charge in [0.15, 0.2) is 6.29 Å². The molecule has 88 valence electrons. The maximum atomic E-state index is 9.87. The van der Waals surface area contributed by atoms with Gasteiger partial charge >= 0.3 is 6.47 Å². The van der Waals surface area contributed by atoms with Crippen molar-refractivity contribution in [2.75, 3.05) is 6.61 Å². The number of ether oxygens (including phenoxy) is 1. The van der Waals surface area contributed by atoms with Gasteiger partial charge in [-0.1, -0.05) is 0 Å². The van der Waals surface area contributed by atoms with Crippen molar-refractivity contribution in [3.63, 3.8) is 0 Å². The highest BCUT2D eigenvalue weighted by Crippen LogP contribution is 2.19. The summed E-state index contributed by atoms with van der Waals surface area (Å²) in [5.41, 5.74) is 2.01. The van der Waals surface area contributed by atoms with Gasteiger partial charge in [-0.15, -0.1) is 5.48 Å². The summed E-state index contributed by atoms with van der Waals surface area (Å²) in [4.78, 5) is 14.0. The van der Waals surface area contributed by atoms with Crippen LogP contribution in [0.15, 0.2) is 0 Å². The van der Waals surface area contributed by atoms with Crippen LogP contribution in [0.1, 0.15) is 0 Å². The molecule has 0 aromatic heterocycles. The first-order chi connectivity index (χ1) is 7.11. The van der Waals surface area contributed by atoms with Crippen LogP contribution < -0.4 is 5.48 Å². The standard InChI is InChI=1S/C7H13NO7/c9-1-3-5(11)6(12)4(7(13)15-3)8-14-2-10/h2-9,11-13H,1H2/t3-,4-,5+,6-,7?/m0/s1. The van der Waals surface area contributed by atoms with Crippen molar-refractivity contribution in [1.29, 1.82) is 0 Å². The molecule has 1 saturated heterocycles. The van der Waals surface area contributed by atoms with E-state index in [0.29, 0.717) is 0 Å². The topological polar surface area (TPSA) is 128 Å². The average molecular weight is 223 g/mol. The lowest BCUT2D eigenvalue weighted by Gasteiger charge is -2.39. The van der Waals surface area contributed by atoms with Crippen molar-refractivity contribution in [1.82, 2.24) is 5.48 Å². The largest absolute Gasteiger partial charge is 0.394 e. The van der Waals surface area contributed by atoms with Gasteiger partial charge in [-0.2, -0.15) is 0 Å². The third kappa shape index (κ3) is 2.62. The minimum absolute atomic E-state index is 0.0595. The quantitative estimate of drug-likeness (QED) is 0.245. The minimum atomic E-state index is -1.50. The molecule has 0 radical (unpaired) electrons. The van der Waals surface area contributed by atoms with E-state index in [1.165, 1.54) is 0 Å². The first-order valence-corrected chi connectivity index (χ1v) is 4.27. The molecule has 0 amide bonds. The predicted octanol–water partition coefficient (Wildman–Crippen LogP) is -3.54. The van der Waals surface area contributed by atoms with Crippen molar-refractivity contribution in [2.24, 2.45) is 0 Å². The molecule has 0 aromatic rings. The normalized spacial score (nSPS) is 41.2. The van der Waals surface area contributed by atoms with Gasteiger partial charge in [0.1, 0.15) is 24.4 Å². The molecule has 0 aromatic carbocycles. The fourth-order valence-electron chi connectivity index (χ4n) is 1.33. The molecule has 1 rings (SSSR count). The second kappa shape index (κ2) is 5.35. The Balaban J connectivity index is 2.61. The van der Waals surface area contributed by atoms with E-state index < -0.39 is 37.3 Å². The van der Waals surface area contributed by atoms with E-state index in [1.807, 2.05) is 5.48 Å². The summed E-state index contributed by atoms with van der Waals surface area (Å²) in [6, 6.07) is -1.17. The van der Waals surface area contributed by atoms with Gasteiger partial charge in [-0.25, -0.2) is 0 Å². The Kier molecular flexibility index (Phi) is 4.39. The van der Waals surface area contributed by atoms with E-state index in [4.69, 9.17) is 9.84 Å². The van der Waals surface area contributed by atoms with Crippen LogP contribution in [0, 0.1) is 0 Å². The fraction of sp³-hybridized carbons (Fsp3) is 0.857. The van der Waals surface area contributed by atoms with Crippen molar-refractivity contribution in [3.05, 3.63) is 0 Å². The van der Waals surface area contributed by atoms with Crippen molar-refractivity contribution >= 4 is 6.47 Å². The molecule has 8 heteroatoms. The van der Waals surface area contributed by atoms with Gasteiger partial charge in [0.25, 0.3) is 0 Å². The molecule has 1 unspecified atom stereocenters. The van der Waals surface area contributed by atoms with Gasteiger partial charge < -0.3 is 30.0 Å². The molecule has 0 saturated carbocycles. The molecule has 1 aliphatic heterocycles. The molecular formula is C7H13NO7. The Hall–Kier alpha value is -0.770. The molecule has 1 aliphatic rings. The summed E-state index contributed by atoms with van der Waals surface area (Å²) >= 11 is 0. The van der Waals surface area contributed by atoms with Crippen molar-refractivity contribution in [2.45, 2.75) is 30.6 Å². The first kappa shape index (κ1) is 12.3. The maximum Gasteiger partial charge on any atom is 0.312 e. The molecule has 8 nitrogen and oxygen atoms in total. The highest BCUT2D eigenvalue weighted by atomic mass is 16.7. The number of hydrogen-bond donors (Lipinski definition) is 5. The molecule has 0 bridgehead atoms. The second-order valence-electron chi connectivity index (χ2n) is 3.09. The van der Waals surface area contributed by atoms with E-state index in [0.717, 1.165) is 0 Å². The number of aliphatic hydroxyl groups is 4. The van der Waals surface area contributed by atoms with Crippen molar-refractivity contribution in [3.8, 4) is 0 Å². The third-order valence-electron chi connectivity index (χ3n) is 2.15. The highest BCUT2D eigenvalue weighted by Gasteiger charge is 2.44. The Labute approximate surface area is 85.0 Å². The summed E-state index contributed by atoms with van der Waals surface area (Å²) in [6.07, 6.45) is -5.39. The first-order valence-electron chi connectivity index (χ1n) is 4.27. The third-order valence-corrected chi connectivity index (χ3v) is 2.15. The van der Waals surface area contributed by atoms with E-state index in [9.17, 15) is 20.1 Å². The van der Waals surface area contributed by atoms with Crippen LogP contribution in [0.3, 0.4) is 0 Å². The van der Waals surface area contributed by atoms with Crippen LogP contribution in [0.25, 0.3) is 0 Å². The van der Waals surface area contributed by atoms with Crippen LogP contribution >= 0.6 is 0 Å². The zero-order valence-electron chi connectivity index (χ0n) is 7.68. The lowest BCUT2D eigenvalue weighted by atomic mass is 9.98. The Morgan fingerprint density at radius 1 is 1.33 bits per heavy atom. The number of carbonyl (C=O) groups is 1. The monoisotopic (exact) mass is 223 g/mol. The van der Waals surface area contributed by atoms with E-state index in [1.54, 1.807) is 0 Å². The van der Waals surface area contributed by atoms with E-state index in [-0.39, 0.29) is 6.47 Å². The van der Waals surface area contributed by atoms with Crippen LogP contribution in [0.2, 0.25) is 0 Å². The fourth-order valence-corrected chi connectivity index (χ4v) is 1.33. The summed E-state index contributed by atoms with van der Waals surface area (Å²) in [5, 5.41) is 36.9. The zero-order chi connectivity index (χ0) is 11.4. The van der Waals surface area contributed by atoms with Crippen LogP contribution in [0.4, 0.5) is 0 Å². The SMILES string of the molecule is O=CON[C@@H]1C(O)O[C@@H](CO)[C@@H](O)[C@H]1O. The lowest BCUT2D eigenvalue weighted by Crippen LogP contribution is -2.63. The summed E-state index contributed by atoms with van der Waals surface area (Å²) < 4.78 is 4.76. The Morgan fingerprint density at radius 3 is 2.53 bits per heavy atom. The number of hydrogen-bond acceptors (Lipinski definition) is 8. The van der Waals surface area contributed by atoms with Gasteiger partial charge in [-0.3, -0.25) is 4.79 Å². The molecule has 1 heterocycles. The smallest absolute Gasteiger partial charge is 0.312 e. The van der Waals surface area contributed by atoms with Crippen molar-refractivity contribution < 1.29 is 34.8 Å². The number of hydroxylamine groups is 1. The molecule has 5 atom stereocenters. The summed E-state index contributed by atoms with van der Waals surface area (Å²) in [5.74, 6) is 0. The molecule has 5 N–H and O–H groups in total. The van der Waals surface area contributed by atoms with E-state index >= 15 is 0 Å². The van der Waals surface area contributed by atoms with Crippen LogP contribution in [0.5, 0.6) is 0 Å².